The van der Waals surface area contributed by atoms with E-state index in [1.807, 2.05) is 0 Å². The van der Waals surface area contributed by atoms with Crippen LogP contribution in [0.15, 0.2) is 0 Å². The summed E-state index contributed by atoms with van der Waals surface area (Å²) < 4.78 is 0. The lowest BCUT2D eigenvalue weighted by Crippen LogP contribution is -2.29. The van der Waals surface area contributed by atoms with E-state index in [-0.39, 0.29) is 6.23 Å². The molecule has 2 N–H and O–H groups in total. The number of aliphatic hydroxyl groups excluding tert-OH is 1. The lowest BCUT2D eigenvalue weighted by Gasteiger charge is -2.11. The molecule has 0 aliphatic heterocycles. The summed E-state index contributed by atoms with van der Waals surface area (Å²) >= 11 is 0. The molecule has 0 heterocycles. The molecule has 0 amide bonds. The van der Waals surface area contributed by atoms with Crippen molar-refractivity contribution in [3.05, 3.63) is 0 Å². The Labute approximate surface area is 121 Å². The minimum absolute atomic E-state index is 0.279. The van der Waals surface area contributed by atoms with Crippen molar-refractivity contribution in [1.82, 2.24) is 5.32 Å². The summed E-state index contributed by atoms with van der Waals surface area (Å²) in [7, 11) is 0. The first-order valence-corrected chi connectivity index (χ1v) is 8.72. The van der Waals surface area contributed by atoms with Crippen LogP contribution in [0.2, 0.25) is 0 Å². The van der Waals surface area contributed by atoms with Crippen LogP contribution in [0, 0.1) is 0 Å². The molecule has 2 heteroatoms. The lowest BCUT2D eigenvalue weighted by molar-refractivity contribution is 0.124. The Morgan fingerprint density at radius 2 is 1.16 bits per heavy atom. The van der Waals surface area contributed by atoms with Gasteiger partial charge in [-0.2, -0.15) is 0 Å². The standard InChI is InChI=1S/C17H37NO/c1-3-5-7-8-9-10-11-12-13-14-16-18-17(19)15-6-4-2/h17-19H,3-16H2,1-2H3. The first-order chi connectivity index (χ1) is 9.31. The van der Waals surface area contributed by atoms with Crippen molar-refractivity contribution in [2.45, 2.75) is 104 Å². The lowest BCUT2D eigenvalue weighted by atomic mass is 10.1. The molecule has 0 fully saturated rings. The fraction of sp³-hybridized carbons (Fsp3) is 1.00. The van der Waals surface area contributed by atoms with Crippen LogP contribution in [-0.4, -0.2) is 17.9 Å². The van der Waals surface area contributed by atoms with Gasteiger partial charge >= 0.3 is 0 Å². The van der Waals surface area contributed by atoms with E-state index >= 15 is 0 Å². The van der Waals surface area contributed by atoms with Gasteiger partial charge < -0.3 is 5.11 Å². The normalized spacial score (nSPS) is 12.8. The summed E-state index contributed by atoms with van der Waals surface area (Å²) in [4.78, 5) is 0. The zero-order valence-electron chi connectivity index (χ0n) is 13.4. The van der Waals surface area contributed by atoms with Crippen molar-refractivity contribution in [3.63, 3.8) is 0 Å². The molecule has 1 unspecified atom stereocenters. The maximum atomic E-state index is 9.61. The van der Waals surface area contributed by atoms with E-state index in [0.717, 1.165) is 25.8 Å². The van der Waals surface area contributed by atoms with Crippen molar-refractivity contribution >= 4 is 0 Å². The number of rotatable bonds is 15. The van der Waals surface area contributed by atoms with Gasteiger partial charge in [0.2, 0.25) is 0 Å². The summed E-state index contributed by atoms with van der Waals surface area (Å²) in [5.41, 5.74) is 0. The summed E-state index contributed by atoms with van der Waals surface area (Å²) in [5.74, 6) is 0. The van der Waals surface area contributed by atoms with Crippen molar-refractivity contribution < 1.29 is 5.11 Å². The zero-order valence-corrected chi connectivity index (χ0v) is 13.4. The first kappa shape index (κ1) is 18.9. The molecule has 2 nitrogen and oxygen atoms in total. The van der Waals surface area contributed by atoms with Gasteiger partial charge in [-0.1, -0.05) is 78.1 Å². The Morgan fingerprint density at radius 1 is 0.684 bits per heavy atom. The van der Waals surface area contributed by atoms with Gasteiger partial charge in [-0.25, -0.2) is 0 Å². The van der Waals surface area contributed by atoms with E-state index in [9.17, 15) is 5.11 Å². The molecule has 0 radical (unpaired) electrons. The fourth-order valence-electron chi connectivity index (χ4n) is 2.38. The maximum absolute atomic E-state index is 9.61. The molecule has 0 aliphatic rings. The number of unbranched alkanes of at least 4 members (excludes halogenated alkanes) is 10. The summed E-state index contributed by atoms with van der Waals surface area (Å²) in [6.45, 7) is 5.41. The molecule has 0 rings (SSSR count). The highest BCUT2D eigenvalue weighted by Crippen LogP contribution is 2.10. The Kier molecular flexibility index (Phi) is 15.9. The highest BCUT2D eigenvalue weighted by Gasteiger charge is 2.00. The average molecular weight is 271 g/mol. The number of hydrogen-bond acceptors (Lipinski definition) is 2. The molecular weight excluding hydrogens is 234 g/mol. The van der Waals surface area contributed by atoms with E-state index < -0.39 is 0 Å². The molecule has 0 aliphatic carbocycles. The van der Waals surface area contributed by atoms with Crippen LogP contribution in [0.4, 0.5) is 0 Å². The fourth-order valence-corrected chi connectivity index (χ4v) is 2.38. The van der Waals surface area contributed by atoms with Crippen LogP contribution < -0.4 is 5.32 Å². The number of hydrogen-bond donors (Lipinski definition) is 2. The topological polar surface area (TPSA) is 32.3 Å². The highest BCUT2D eigenvalue weighted by atomic mass is 16.3. The van der Waals surface area contributed by atoms with E-state index in [0.29, 0.717) is 0 Å². The van der Waals surface area contributed by atoms with Gasteiger partial charge in [-0.3, -0.25) is 5.32 Å². The second-order valence-corrected chi connectivity index (χ2v) is 5.79. The Hall–Kier alpha value is -0.0800. The highest BCUT2D eigenvalue weighted by molar-refractivity contribution is 4.54. The third-order valence-electron chi connectivity index (χ3n) is 3.74. The van der Waals surface area contributed by atoms with Gasteiger partial charge in [-0.15, -0.1) is 0 Å². The summed E-state index contributed by atoms with van der Waals surface area (Å²) in [5, 5.41) is 12.8. The predicted molar refractivity (Wildman–Crippen MR) is 85.4 cm³/mol. The smallest absolute Gasteiger partial charge is 0.104 e. The average Bonchev–Trinajstić information content (AvgIpc) is 2.42. The molecule has 116 valence electrons. The van der Waals surface area contributed by atoms with Gasteiger partial charge in [0, 0.05) is 0 Å². The Bertz CT molecular complexity index is 161. The molecule has 0 aromatic heterocycles. The first-order valence-electron chi connectivity index (χ1n) is 8.72. The molecule has 19 heavy (non-hydrogen) atoms. The third kappa shape index (κ3) is 15.9. The van der Waals surface area contributed by atoms with E-state index in [1.165, 1.54) is 64.2 Å². The predicted octanol–water partition coefficient (Wildman–Crippen LogP) is 5.01. The van der Waals surface area contributed by atoms with Crippen molar-refractivity contribution in [2.24, 2.45) is 0 Å². The van der Waals surface area contributed by atoms with Gasteiger partial charge in [0.05, 0.1) is 0 Å². The van der Waals surface area contributed by atoms with Gasteiger partial charge in [0.15, 0.2) is 0 Å². The van der Waals surface area contributed by atoms with E-state index in [4.69, 9.17) is 0 Å². The van der Waals surface area contributed by atoms with Crippen LogP contribution in [0.5, 0.6) is 0 Å². The number of nitrogens with one attached hydrogen (secondary N) is 1. The van der Waals surface area contributed by atoms with Crippen LogP contribution in [0.3, 0.4) is 0 Å². The quantitative estimate of drug-likeness (QED) is 0.324. The van der Waals surface area contributed by atoms with Crippen LogP contribution in [-0.2, 0) is 0 Å². The molecule has 0 bridgehead atoms. The van der Waals surface area contributed by atoms with Crippen molar-refractivity contribution in [3.8, 4) is 0 Å². The Morgan fingerprint density at radius 3 is 1.68 bits per heavy atom. The second-order valence-electron chi connectivity index (χ2n) is 5.79. The number of aliphatic hydroxyl groups is 1. The molecule has 1 atom stereocenters. The van der Waals surface area contributed by atoms with Gasteiger partial charge in [0.1, 0.15) is 6.23 Å². The summed E-state index contributed by atoms with van der Waals surface area (Å²) in [6.07, 6.45) is 16.6. The van der Waals surface area contributed by atoms with Crippen LogP contribution in [0.25, 0.3) is 0 Å². The maximum Gasteiger partial charge on any atom is 0.104 e. The largest absolute Gasteiger partial charge is 0.379 e. The van der Waals surface area contributed by atoms with Crippen LogP contribution in [0.1, 0.15) is 97.3 Å². The van der Waals surface area contributed by atoms with Gasteiger partial charge in [0.25, 0.3) is 0 Å². The van der Waals surface area contributed by atoms with E-state index in [2.05, 4.69) is 19.2 Å². The van der Waals surface area contributed by atoms with Crippen molar-refractivity contribution in [2.75, 3.05) is 6.54 Å². The summed E-state index contributed by atoms with van der Waals surface area (Å²) in [6, 6.07) is 0. The van der Waals surface area contributed by atoms with E-state index in [1.54, 1.807) is 0 Å². The monoisotopic (exact) mass is 271 g/mol. The molecule has 0 saturated heterocycles. The molecule has 0 spiro atoms. The second kappa shape index (κ2) is 16.0. The van der Waals surface area contributed by atoms with Gasteiger partial charge in [-0.05, 0) is 25.8 Å². The SMILES string of the molecule is CCCCCCCCCCCCNC(O)CCCC. The Balaban J connectivity index is 3.02. The third-order valence-corrected chi connectivity index (χ3v) is 3.74. The minimum atomic E-state index is -0.279. The molecule has 0 saturated carbocycles. The minimum Gasteiger partial charge on any atom is -0.379 e. The molecule has 0 aromatic carbocycles. The van der Waals surface area contributed by atoms with Crippen LogP contribution >= 0.6 is 0 Å². The molecular formula is C17H37NO. The van der Waals surface area contributed by atoms with Crippen molar-refractivity contribution in [1.29, 1.82) is 0 Å². The molecule has 0 aromatic rings. The zero-order chi connectivity index (χ0) is 14.2.